The highest BCUT2D eigenvalue weighted by Crippen LogP contribution is 2.25. The van der Waals surface area contributed by atoms with Crippen molar-refractivity contribution < 1.29 is 13.2 Å². The van der Waals surface area contributed by atoms with Crippen molar-refractivity contribution in [3.8, 4) is 0 Å². The first-order chi connectivity index (χ1) is 14.9. The molecule has 0 spiro atoms. The molecule has 8 heteroatoms. The van der Waals surface area contributed by atoms with Crippen LogP contribution in [-0.4, -0.2) is 44.8 Å². The van der Waals surface area contributed by atoms with Gasteiger partial charge in [0, 0.05) is 42.6 Å². The lowest BCUT2D eigenvalue weighted by molar-refractivity contribution is -0.120. The third-order valence-electron chi connectivity index (χ3n) is 6.02. The molecule has 2 aliphatic rings. The predicted octanol–water partition coefficient (Wildman–Crippen LogP) is 4.12. The second-order valence-corrected chi connectivity index (χ2v) is 10.7. The molecule has 2 heterocycles. The van der Waals surface area contributed by atoms with Crippen LogP contribution in [0.15, 0.2) is 48.5 Å². The van der Waals surface area contributed by atoms with E-state index in [2.05, 4.69) is 10.2 Å². The zero-order valence-electron chi connectivity index (χ0n) is 17.5. The lowest BCUT2D eigenvalue weighted by atomic mass is 9.98. The lowest BCUT2D eigenvalue weighted by Crippen LogP contribution is -2.44. The summed E-state index contributed by atoms with van der Waals surface area (Å²) >= 11 is 5.89. The Labute approximate surface area is 189 Å². The minimum absolute atomic E-state index is 0.0868. The summed E-state index contributed by atoms with van der Waals surface area (Å²) in [5.74, 6) is -0.566. The number of nitrogens with zero attached hydrogens (tertiary/aromatic N) is 2. The van der Waals surface area contributed by atoms with Crippen molar-refractivity contribution in [3.63, 3.8) is 0 Å². The quantitative estimate of drug-likeness (QED) is 0.702. The number of hydrogen-bond acceptors (Lipinski definition) is 4. The number of sulfonamides is 1. The zero-order valence-corrected chi connectivity index (χ0v) is 19.0. The molecule has 2 saturated heterocycles. The summed E-state index contributed by atoms with van der Waals surface area (Å²) in [5, 5.41) is 3.54. The zero-order chi connectivity index (χ0) is 21.8. The predicted molar refractivity (Wildman–Crippen MR) is 125 cm³/mol. The highest BCUT2D eigenvalue weighted by atomic mass is 35.5. The highest BCUT2D eigenvalue weighted by molar-refractivity contribution is 7.88. The van der Waals surface area contributed by atoms with Crippen molar-refractivity contribution >= 4 is 38.9 Å². The number of hydrogen-bond donors (Lipinski definition) is 1. The Morgan fingerprint density at radius 1 is 0.968 bits per heavy atom. The summed E-state index contributed by atoms with van der Waals surface area (Å²) in [7, 11) is -3.50. The van der Waals surface area contributed by atoms with Gasteiger partial charge >= 0.3 is 0 Å². The van der Waals surface area contributed by atoms with Gasteiger partial charge < -0.3 is 10.2 Å². The molecule has 0 aromatic heterocycles. The summed E-state index contributed by atoms with van der Waals surface area (Å²) < 4.78 is 27.2. The van der Waals surface area contributed by atoms with Gasteiger partial charge in [-0.25, -0.2) is 12.7 Å². The van der Waals surface area contributed by atoms with Gasteiger partial charge in [0.1, 0.15) is 0 Å². The van der Waals surface area contributed by atoms with E-state index < -0.39 is 10.0 Å². The maximum atomic E-state index is 12.9. The maximum absolute atomic E-state index is 12.9. The van der Waals surface area contributed by atoms with E-state index in [4.69, 9.17) is 11.6 Å². The maximum Gasteiger partial charge on any atom is 0.228 e. The molecule has 2 aromatic rings. The molecule has 1 N–H and O–H groups in total. The molecule has 2 aromatic carbocycles. The fraction of sp³-hybridized carbons (Fsp3) is 0.435. The fourth-order valence-corrected chi connectivity index (χ4v) is 6.00. The Morgan fingerprint density at radius 2 is 1.65 bits per heavy atom. The Balaban J connectivity index is 1.36. The van der Waals surface area contributed by atoms with Gasteiger partial charge in [0.15, 0.2) is 0 Å². The van der Waals surface area contributed by atoms with Crippen LogP contribution < -0.4 is 10.2 Å². The number of benzene rings is 2. The van der Waals surface area contributed by atoms with Crippen molar-refractivity contribution in [2.45, 2.75) is 31.4 Å². The molecule has 0 saturated carbocycles. The third kappa shape index (κ3) is 5.59. The van der Waals surface area contributed by atoms with E-state index in [1.165, 1.54) is 22.8 Å². The number of anilines is 2. The number of halogens is 1. The molecule has 0 radical (unpaired) electrons. The molecule has 0 aliphatic carbocycles. The summed E-state index contributed by atoms with van der Waals surface area (Å²) in [6.45, 7) is 2.82. The second-order valence-electron chi connectivity index (χ2n) is 8.31. The summed E-state index contributed by atoms with van der Waals surface area (Å²) in [6.07, 6.45) is 3.80. The van der Waals surface area contributed by atoms with Crippen LogP contribution >= 0.6 is 11.6 Å². The normalized spacial score (nSPS) is 20.0. The van der Waals surface area contributed by atoms with E-state index in [0.29, 0.717) is 30.0 Å². The first-order valence-electron chi connectivity index (χ1n) is 10.8. The summed E-state index contributed by atoms with van der Waals surface area (Å²) in [5.41, 5.74) is 2.61. The third-order valence-corrected chi connectivity index (χ3v) is 8.09. The topological polar surface area (TPSA) is 69.7 Å². The van der Waals surface area contributed by atoms with Gasteiger partial charge in [-0.3, -0.25) is 4.79 Å². The lowest BCUT2D eigenvalue weighted by Gasteiger charge is -2.31. The SMILES string of the molecule is O=C(Nc1ccc(N2CCCC2)cc1)[C@@H]1CCCN(S(=O)(=O)Cc2ccc(Cl)cc2)C1. The smallest absolute Gasteiger partial charge is 0.228 e. The molecule has 1 amide bonds. The van der Waals surface area contributed by atoms with E-state index in [9.17, 15) is 13.2 Å². The molecule has 4 rings (SSSR count). The summed E-state index contributed by atoms with van der Waals surface area (Å²) in [4.78, 5) is 15.2. The van der Waals surface area contributed by atoms with Crippen LogP contribution in [-0.2, 0) is 20.6 Å². The van der Waals surface area contributed by atoms with Crippen molar-refractivity contribution in [2.75, 3.05) is 36.4 Å². The molecule has 1 atom stereocenters. The van der Waals surface area contributed by atoms with Gasteiger partial charge in [-0.1, -0.05) is 23.7 Å². The van der Waals surface area contributed by atoms with Crippen LogP contribution in [0.25, 0.3) is 0 Å². The second kappa shape index (κ2) is 9.59. The largest absolute Gasteiger partial charge is 0.372 e. The molecule has 166 valence electrons. The van der Waals surface area contributed by atoms with E-state index in [1.807, 2.05) is 24.3 Å². The van der Waals surface area contributed by atoms with Gasteiger partial charge in [-0.15, -0.1) is 0 Å². The number of carbonyl (C=O) groups is 1. The molecule has 31 heavy (non-hydrogen) atoms. The Morgan fingerprint density at radius 3 is 2.32 bits per heavy atom. The summed E-state index contributed by atoms with van der Waals surface area (Å²) in [6, 6.07) is 14.7. The standard InChI is InChI=1S/C23H28ClN3O3S/c24-20-7-5-18(6-8-20)17-31(29,30)27-15-3-4-19(16-27)23(28)25-21-9-11-22(12-10-21)26-13-1-2-14-26/h5-12,19H,1-4,13-17H2,(H,25,28)/t19-/m1/s1. The fourth-order valence-electron chi connectivity index (χ4n) is 4.27. The van der Waals surface area contributed by atoms with Crippen molar-refractivity contribution in [2.24, 2.45) is 5.92 Å². The minimum Gasteiger partial charge on any atom is -0.372 e. The van der Waals surface area contributed by atoms with Gasteiger partial charge in [-0.05, 0) is 67.6 Å². The number of amides is 1. The molecule has 2 aliphatic heterocycles. The Bertz CT molecular complexity index is 1000. The molecule has 0 unspecified atom stereocenters. The number of piperidine rings is 1. The van der Waals surface area contributed by atoms with E-state index in [-0.39, 0.29) is 24.1 Å². The van der Waals surface area contributed by atoms with E-state index in [1.54, 1.807) is 24.3 Å². The van der Waals surface area contributed by atoms with Crippen LogP contribution in [0.3, 0.4) is 0 Å². The number of nitrogens with one attached hydrogen (secondary N) is 1. The van der Waals surface area contributed by atoms with Crippen LogP contribution in [0.4, 0.5) is 11.4 Å². The van der Waals surface area contributed by atoms with Gasteiger partial charge in [-0.2, -0.15) is 0 Å². The van der Waals surface area contributed by atoms with Crippen LogP contribution in [0.5, 0.6) is 0 Å². The minimum atomic E-state index is -3.50. The first-order valence-corrected chi connectivity index (χ1v) is 12.8. The Hall–Kier alpha value is -2.09. The molecular weight excluding hydrogens is 434 g/mol. The molecule has 6 nitrogen and oxygen atoms in total. The van der Waals surface area contributed by atoms with Crippen molar-refractivity contribution in [1.82, 2.24) is 4.31 Å². The monoisotopic (exact) mass is 461 g/mol. The van der Waals surface area contributed by atoms with Crippen LogP contribution in [0.1, 0.15) is 31.2 Å². The van der Waals surface area contributed by atoms with Gasteiger partial charge in [0.2, 0.25) is 15.9 Å². The number of rotatable bonds is 6. The molecular formula is C23H28ClN3O3S. The van der Waals surface area contributed by atoms with E-state index in [0.717, 1.165) is 18.8 Å². The average molecular weight is 462 g/mol. The first kappa shape index (κ1) is 22.1. The average Bonchev–Trinajstić information content (AvgIpc) is 3.31. The van der Waals surface area contributed by atoms with Crippen LogP contribution in [0.2, 0.25) is 5.02 Å². The van der Waals surface area contributed by atoms with Crippen molar-refractivity contribution in [3.05, 3.63) is 59.1 Å². The van der Waals surface area contributed by atoms with Crippen molar-refractivity contribution in [1.29, 1.82) is 0 Å². The van der Waals surface area contributed by atoms with Gasteiger partial charge in [0.25, 0.3) is 0 Å². The van der Waals surface area contributed by atoms with E-state index >= 15 is 0 Å². The van der Waals surface area contributed by atoms with Crippen LogP contribution in [0, 0.1) is 5.92 Å². The molecule has 2 fully saturated rings. The molecule has 0 bridgehead atoms. The highest BCUT2D eigenvalue weighted by Gasteiger charge is 2.32. The number of carbonyl (C=O) groups excluding carboxylic acids is 1. The Kier molecular flexibility index (Phi) is 6.84. The van der Waals surface area contributed by atoms with Gasteiger partial charge in [0.05, 0.1) is 11.7 Å².